The fraction of sp³-hybridized carbons (Fsp3) is 0.875. The van der Waals surface area contributed by atoms with Gasteiger partial charge in [0, 0.05) is 25.4 Å². The molecule has 0 aromatic carbocycles. The van der Waals surface area contributed by atoms with Gasteiger partial charge in [-0.1, -0.05) is 37.9 Å². The molecule has 3 unspecified atom stereocenters. The molecule has 2 N–H and O–H groups in total. The van der Waals surface area contributed by atoms with Crippen LogP contribution in [0.25, 0.3) is 0 Å². The third-order valence-electron chi connectivity index (χ3n) is 5.21. The zero-order chi connectivity index (χ0) is 14.5. The lowest BCUT2D eigenvalue weighted by atomic mass is 9.67. The van der Waals surface area contributed by atoms with Gasteiger partial charge < -0.3 is 10.6 Å². The van der Waals surface area contributed by atoms with Crippen molar-refractivity contribution >= 4 is 23.1 Å². The van der Waals surface area contributed by atoms with Crippen LogP contribution in [0.2, 0.25) is 0 Å². The molecular weight excluding hydrogens is 268 g/mol. The van der Waals surface area contributed by atoms with E-state index in [1.54, 1.807) is 0 Å². The first kappa shape index (κ1) is 15.7. The summed E-state index contributed by atoms with van der Waals surface area (Å²) in [5.41, 5.74) is 5.55. The highest BCUT2D eigenvalue weighted by Crippen LogP contribution is 2.43. The van der Waals surface area contributed by atoms with E-state index >= 15 is 0 Å². The number of thiocarbonyl (C=S) groups is 1. The van der Waals surface area contributed by atoms with Crippen molar-refractivity contribution in [2.45, 2.75) is 58.3 Å². The standard InChI is InChI=1S/C16H28N2OS/c1-2-18(10-9-15(17)20)16(19)14-8-7-12-5-3-4-6-13(12)11-14/h12-14H,2-11H2,1H3,(H2,17,20). The SMILES string of the molecule is CCN(CCC(N)=S)C(=O)C1CCC2CCCCC2C1. The van der Waals surface area contributed by atoms with Crippen LogP contribution in [0, 0.1) is 17.8 Å². The molecule has 114 valence electrons. The van der Waals surface area contributed by atoms with Gasteiger partial charge in [-0.15, -0.1) is 0 Å². The molecule has 4 heteroatoms. The van der Waals surface area contributed by atoms with Gasteiger partial charge in [-0.25, -0.2) is 0 Å². The van der Waals surface area contributed by atoms with E-state index in [0.717, 1.165) is 31.2 Å². The van der Waals surface area contributed by atoms with Crippen LogP contribution < -0.4 is 5.73 Å². The fourth-order valence-corrected chi connectivity index (χ4v) is 4.12. The Morgan fingerprint density at radius 1 is 1.20 bits per heavy atom. The van der Waals surface area contributed by atoms with Crippen LogP contribution in [-0.4, -0.2) is 28.9 Å². The molecule has 2 aliphatic rings. The topological polar surface area (TPSA) is 46.3 Å². The summed E-state index contributed by atoms with van der Waals surface area (Å²) in [6, 6.07) is 0. The van der Waals surface area contributed by atoms with Crippen molar-refractivity contribution in [3.63, 3.8) is 0 Å². The number of rotatable bonds is 5. The molecule has 1 amide bonds. The van der Waals surface area contributed by atoms with Crippen LogP contribution in [0.4, 0.5) is 0 Å². The second-order valence-corrected chi connectivity index (χ2v) is 6.97. The van der Waals surface area contributed by atoms with Crippen LogP contribution in [0.1, 0.15) is 58.3 Å². The first-order chi connectivity index (χ1) is 9.61. The van der Waals surface area contributed by atoms with Crippen molar-refractivity contribution in [2.75, 3.05) is 13.1 Å². The summed E-state index contributed by atoms with van der Waals surface area (Å²) in [6.07, 6.45) is 9.60. The number of nitrogens with zero attached hydrogens (tertiary/aromatic N) is 1. The predicted octanol–water partition coefficient (Wildman–Crippen LogP) is 3.12. The van der Waals surface area contributed by atoms with E-state index in [1.807, 2.05) is 11.8 Å². The Balaban J connectivity index is 1.89. The minimum atomic E-state index is 0.251. The number of carbonyl (C=O) groups excluding carboxylic acids is 1. The average Bonchev–Trinajstić information content (AvgIpc) is 2.47. The quantitative estimate of drug-likeness (QED) is 0.793. The van der Waals surface area contributed by atoms with Crippen molar-refractivity contribution in [3.8, 4) is 0 Å². The van der Waals surface area contributed by atoms with Crippen LogP contribution in [0.5, 0.6) is 0 Å². The van der Waals surface area contributed by atoms with Gasteiger partial charge in [0.05, 0.1) is 4.99 Å². The molecule has 0 saturated heterocycles. The van der Waals surface area contributed by atoms with Crippen molar-refractivity contribution in [3.05, 3.63) is 0 Å². The summed E-state index contributed by atoms with van der Waals surface area (Å²) < 4.78 is 0. The molecule has 0 aliphatic heterocycles. The lowest BCUT2D eigenvalue weighted by molar-refractivity contribution is -0.137. The molecule has 2 rings (SSSR count). The molecule has 0 bridgehead atoms. The van der Waals surface area contributed by atoms with Gasteiger partial charge in [0.15, 0.2) is 0 Å². The minimum absolute atomic E-state index is 0.251. The van der Waals surface area contributed by atoms with E-state index < -0.39 is 0 Å². The molecule has 3 nitrogen and oxygen atoms in total. The van der Waals surface area contributed by atoms with E-state index in [0.29, 0.717) is 23.9 Å². The Morgan fingerprint density at radius 3 is 2.55 bits per heavy atom. The third-order valence-corrected chi connectivity index (χ3v) is 5.41. The van der Waals surface area contributed by atoms with Crippen LogP contribution >= 0.6 is 12.2 Å². The largest absolute Gasteiger partial charge is 0.393 e. The van der Waals surface area contributed by atoms with Crippen LogP contribution in [0.3, 0.4) is 0 Å². The smallest absolute Gasteiger partial charge is 0.225 e. The first-order valence-corrected chi connectivity index (χ1v) is 8.59. The van der Waals surface area contributed by atoms with Gasteiger partial charge in [0.25, 0.3) is 0 Å². The average molecular weight is 296 g/mol. The fourth-order valence-electron chi connectivity index (χ4n) is 4.03. The highest BCUT2D eigenvalue weighted by atomic mass is 32.1. The second kappa shape index (κ2) is 7.39. The van der Waals surface area contributed by atoms with Gasteiger partial charge in [0.2, 0.25) is 5.91 Å². The highest BCUT2D eigenvalue weighted by molar-refractivity contribution is 7.80. The highest BCUT2D eigenvalue weighted by Gasteiger charge is 2.36. The molecule has 0 heterocycles. The second-order valence-electron chi connectivity index (χ2n) is 6.45. The normalized spacial score (nSPS) is 29.6. The van der Waals surface area contributed by atoms with Crippen molar-refractivity contribution < 1.29 is 4.79 Å². The summed E-state index contributed by atoms with van der Waals surface area (Å²) in [7, 11) is 0. The number of nitrogens with two attached hydrogens (primary N) is 1. The molecule has 0 aromatic heterocycles. The Labute approximate surface area is 128 Å². The molecule has 3 atom stereocenters. The van der Waals surface area contributed by atoms with Gasteiger partial charge >= 0.3 is 0 Å². The van der Waals surface area contributed by atoms with Crippen LogP contribution in [-0.2, 0) is 4.79 Å². The molecular formula is C16H28N2OS. The number of amides is 1. The monoisotopic (exact) mass is 296 g/mol. The molecule has 2 aliphatic carbocycles. The maximum Gasteiger partial charge on any atom is 0.225 e. The third kappa shape index (κ3) is 3.94. The lowest BCUT2D eigenvalue weighted by Crippen LogP contribution is -2.41. The Hall–Kier alpha value is -0.640. The molecule has 0 aromatic rings. The number of hydrogen-bond donors (Lipinski definition) is 1. The number of carbonyl (C=O) groups is 1. The van der Waals surface area contributed by atoms with E-state index in [1.165, 1.54) is 32.1 Å². The Bertz CT molecular complexity index is 358. The number of hydrogen-bond acceptors (Lipinski definition) is 2. The molecule has 2 saturated carbocycles. The van der Waals surface area contributed by atoms with Crippen molar-refractivity contribution in [1.82, 2.24) is 4.90 Å². The zero-order valence-corrected chi connectivity index (χ0v) is 13.5. The Kier molecular flexibility index (Phi) is 5.82. The molecule has 0 radical (unpaired) electrons. The van der Waals surface area contributed by atoms with E-state index in [9.17, 15) is 4.79 Å². The van der Waals surface area contributed by atoms with Crippen LogP contribution in [0.15, 0.2) is 0 Å². The summed E-state index contributed by atoms with van der Waals surface area (Å²) in [5, 5.41) is 0. The summed E-state index contributed by atoms with van der Waals surface area (Å²) in [5.74, 6) is 2.30. The van der Waals surface area contributed by atoms with Gasteiger partial charge in [-0.05, 0) is 38.0 Å². The van der Waals surface area contributed by atoms with Crippen molar-refractivity contribution in [1.29, 1.82) is 0 Å². The van der Waals surface area contributed by atoms with Crippen molar-refractivity contribution in [2.24, 2.45) is 23.5 Å². The van der Waals surface area contributed by atoms with E-state index in [2.05, 4.69) is 0 Å². The summed E-state index contributed by atoms with van der Waals surface area (Å²) in [6.45, 7) is 3.50. The lowest BCUT2D eigenvalue weighted by Gasteiger charge is -2.40. The maximum atomic E-state index is 12.7. The summed E-state index contributed by atoms with van der Waals surface area (Å²) >= 11 is 4.92. The van der Waals surface area contributed by atoms with E-state index in [4.69, 9.17) is 18.0 Å². The van der Waals surface area contributed by atoms with Gasteiger partial charge in [-0.3, -0.25) is 4.79 Å². The van der Waals surface area contributed by atoms with Gasteiger partial charge in [0.1, 0.15) is 0 Å². The number of fused-ring (bicyclic) bond motifs is 1. The van der Waals surface area contributed by atoms with E-state index in [-0.39, 0.29) is 5.92 Å². The minimum Gasteiger partial charge on any atom is -0.393 e. The summed E-state index contributed by atoms with van der Waals surface area (Å²) in [4.78, 5) is 15.1. The zero-order valence-electron chi connectivity index (χ0n) is 12.6. The van der Waals surface area contributed by atoms with Gasteiger partial charge in [-0.2, -0.15) is 0 Å². The maximum absolute atomic E-state index is 12.7. The predicted molar refractivity (Wildman–Crippen MR) is 86.4 cm³/mol. The Morgan fingerprint density at radius 2 is 1.90 bits per heavy atom. The molecule has 0 spiro atoms. The molecule has 2 fully saturated rings. The molecule has 20 heavy (non-hydrogen) atoms. The first-order valence-electron chi connectivity index (χ1n) is 8.19.